The Labute approximate surface area is 284 Å². The number of anilines is 1. The predicted molar refractivity (Wildman–Crippen MR) is 177 cm³/mol. The first kappa shape index (κ1) is 39.1. The van der Waals surface area contributed by atoms with Crippen LogP contribution in [0.15, 0.2) is 60.2 Å². The standard InChI is InChI=1S/C22H22F7N2O2PS.C10H16O.C2H4O/c1-30-10-9-19(35(32,33)15-6-4-14(34)5-7-15)16-8-3-13(11-17(16)31(2)12-18(19)30)20(23,21(24,25)26)22(27,28)29;1-9-2-5-10(8-11,6-3-9)7-4-9;1-2-3/h3-8,11,18H,9-10,12,34H2,1-2H3;8H,2-7H2,1H3;2-3H,1H2. The Balaban J connectivity index is 0.000000320. The van der Waals surface area contributed by atoms with Crippen molar-refractivity contribution < 1.29 is 49.1 Å². The summed E-state index contributed by atoms with van der Waals surface area (Å²) < 4.78 is 122. The van der Waals surface area contributed by atoms with Crippen molar-refractivity contribution >= 4 is 36.4 Å². The third kappa shape index (κ3) is 6.62. The first-order chi connectivity index (χ1) is 22.6. The van der Waals surface area contributed by atoms with E-state index in [-0.39, 0.29) is 34.5 Å². The molecule has 7 rings (SSSR count). The fourth-order valence-corrected chi connectivity index (χ4v) is 10.3. The molecule has 272 valence electrons. The fraction of sp³-hybridized carbons (Fsp3) is 0.559. The monoisotopic (exact) mass is 738 g/mol. The van der Waals surface area contributed by atoms with Crippen LogP contribution in [0.2, 0.25) is 0 Å². The second-order valence-corrected chi connectivity index (χ2v) is 16.8. The number of fused-ring (bicyclic) bond motifs is 6. The summed E-state index contributed by atoms with van der Waals surface area (Å²) in [4.78, 5) is 14.0. The zero-order valence-corrected chi connectivity index (χ0v) is 29.5. The van der Waals surface area contributed by atoms with Gasteiger partial charge in [-0.1, -0.05) is 37.8 Å². The van der Waals surface area contributed by atoms with Gasteiger partial charge in [-0.25, -0.2) is 12.8 Å². The first-order valence-corrected chi connectivity index (χ1v) is 17.8. The van der Waals surface area contributed by atoms with E-state index in [9.17, 15) is 43.9 Å². The highest BCUT2D eigenvalue weighted by Gasteiger charge is 2.74. The number of aldehydes is 1. The largest absolute Gasteiger partial charge is 0.516 e. The number of likely N-dealkylation sites (N-methyl/N-ethyl adjacent to an activating group) is 2. The molecule has 6 nitrogen and oxygen atoms in total. The predicted octanol–water partition coefficient (Wildman–Crippen LogP) is 7.53. The van der Waals surface area contributed by atoms with Crippen LogP contribution in [0, 0.1) is 10.8 Å². The fourth-order valence-electron chi connectivity index (χ4n) is 7.78. The van der Waals surface area contributed by atoms with Crippen LogP contribution < -0.4 is 10.2 Å². The van der Waals surface area contributed by atoms with Gasteiger partial charge < -0.3 is 14.8 Å². The molecule has 3 atom stereocenters. The number of hydrogen-bond acceptors (Lipinski definition) is 6. The lowest BCUT2D eigenvalue weighted by atomic mass is 9.55. The number of carbonyl (C=O) groups excluding carboxylic acids is 1. The molecule has 0 aromatic heterocycles. The smallest absolute Gasteiger partial charge is 0.435 e. The Morgan fingerprint density at radius 2 is 1.41 bits per heavy atom. The van der Waals surface area contributed by atoms with Crippen molar-refractivity contribution in [2.24, 2.45) is 10.8 Å². The number of halogens is 7. The molecular weight excluding hydrogens is 696 g/mol. The highest BCUT2D eigenvalue weighted by atomic mass is 32.2. The summed E-state index contributed by atoms with van der Waals surface area (Å²) in [6.07, 6.45) is -3.17. The van der Waals surface area contributed by atoms with E-state index < -0.39 is 44.2 Å². The van der Waals surface area contributed by atoms with E-state index >= 15 is 0 Å². The molecule has 3 aliphatic carbocycles. The van der Waals surface area contributed by atoms with Gasteiger partial charge in [0.2, 0.25) is 0 Å². The van der Waals surface area contributed by atoms with Gasteiger partial charge in [-0.15, -0.1) is 9.24 Å². The number of aliphatic hydroxyl groups excluding tert-OH is 1. The second kappa shape index (κ2) is 13.5. The number of rotatable bonds is 4. The summed E-state index contributed by atoms with van der Waals surface area (Å²) in [5, 5.41) is 8.06. The summed E-state index contributed by atoms with van der Waals surface area (Å²) in [7, 11) is 1.39. The van der Waals surface area contributed by atoms with E-state index in [1.54, 1.807) is 24.1 Å². The van der Waals surface area contributed by atoms with E-state index in [0.717, 1.165) is 36.9 Å². The Bertz CT molecular complexity index is 1610. The number of sulfone groups is 1. The minimum absolute atomic E-state index is 0.00518. The van der Waals surface area contributed by atoms with Crippen LogP contribution in [0.4, 0.5) is 36.4 Å². The molecule has 15 heteroatoms. The number of hydrogen-bond donors (Lipinski definition) is 1. The minimum Gasteiger partial charge on any atom is -0.516 e. The minimum atomic E-state index is -6.27. The third-order valence-electron chi connectivity index (χ3n) is 11.0. The average molecular weight is 739 g/mol. The van der Waals surface area contributed by atoms with Crippen molar-refractivity contribution in [2.45, 2.75) is 85.6 Å². The molecule has 0 spiro atoms. The van der Waals surface area contributed by atoms with Crippen LogP contribution in [0.25, 0.3) is 0 Å². The Morgan fingerprint density at radius 1 is 0.898 bits per heavy atom. The number of carbonyl (C=O) groups is 1. The van der Waals surface area contributed by atoms with Crippen molar-refractivity contribution in [3.63, 3.8) is 0 Å². The Kier molecular flexibility index (Phi) is 10.7. The third-order valence-corrected chi connectivity index (χ3v) is 13.9. The summed E-state index contributed by atoms with van der Waals surface area (Å²) in [6.45, 7) is 5.63. The SMILES string of the molecule is C=CO.CC12CCC(C=O)(CC1)CC2.CN1CC2N(C)CCC2(S(=O)(=O)c2ccc(P)cc2)c2ccc(C(F)(C(F)(F)F)C(F)(F)F)cc21. The van der Waals surface area contributed by atoms with Gasteiger partial charge in [0.1, 0.15) is 11.0 Å². The molecular formula is C34H42F7N2O4PS. The summed E-state index contributed by atoms with van der Waals surface area (Å²) >= 11 is 0. The molecule has 2 bridgehead atoms. The maximum Gasteiger partial charge on any atom is 0.435 e. The molecule has 2 heterocycles. The van der Waals surface area contributed by atoms with Gasteiger partial charge in [-0.2, -0.15) is 26.3 Å². The van der Waals surface area contributed by atoms with Gasteiger partial charge in [0.25, 0.3) is 0 Å². The van der Waals surface area contributed by atoms with E-state index in [2.05, 4.69) is 22.7 Å². The van der Waals surface area contributed by atoms with Crippen LogP contribution in [-0.2, 0) is 25.0 Å². The van der Waals surface area contributed by atoms with Gasteiger partial charge in [0.15, 0.2) is 9.84 Å². The molecule has 5 aliphatic rings. The van der Waals surface area contributed by atoms with E-state index in [0.29, 0.717) is 24.1 Å². The number of alkyl halides is 7. The maximum absolute atomic E-state index is 14.8. The van der Waals surface area contributed by atoms with Crippen LogP contribution in [0.3, 0.4) is 0 Å². The molecule has 2 aromatic carbocycles. The first-order valence-electron chi connectivity index (χ1n) is 15.8. The molecule has 2 aliphatic heterocycles. The topological polar surface area (TPSA) is 77.9 Å². The van der Waals surface area contributed by atoms with Gasteiger partial charge in [-0.05, 0) is 86.5 Å². The number of likely N-dealkylation sites (tertiary alicyclic amines) is 1. The van der Waals surface area contributed by atoms with Crippen LogP contribution in [-0.4, -0.2) is 70.3 Å². The van der Waals surface area contributed by atoms with Gasteiger partial charge in [0, 0.05) is 36.8 Å². The summed E-state index contributed by atoms with van der Waals surface area (Å²) in [5.74, 6) is 0. The van der Waals surface area contributed by atoms with Gasteiger partial charge in [-0.3, -0.25) is 4.90 Å². The molecule has 3 unspecified atom stereocenters. The lowest BCUT2D eigenvalue weighted by molar-refractivity contribution is -0.348. The molecule has 49 heavy (non-hydrogen) atoms. The van der Waals surface area contributed by atoms with Crippen molar-refractivity contribution in [1.82, 2.24) is 4.90 Å². The Morgan fingerprint density at radius 3 is 1.88 bits per heavy atom. The molecule has 4 fully saturated rings. The van der Waals surface area contributed by atoms with Crippen molar-refractivity contribution in [2.75, 3.05) is 32.1 Å². The van der Waals surface area contributed by atoms with Gasteiger partial charge >= 0.3 is 18.0 Å². The molecule has 1 N–H and O–H groups in total. The summed E-state index contributed by atoms with van der Waals surface area (Å²) in [5.41, 5.74) is -6.67. The Hall–Kier alpha value is -2.70. The quantitative estimate of drug-likeness (QED) is 0.151. The van der Waals surface area contributed by atoms with E-state index in [1.165, 1.54) is 49.6 Å². The number of aliphatic hydroxyl groups is 1. The van der Waals surface area contributed by atoms with Crippen molar-refractivity contribution in [3.8, 4) is 0 Å². The van der Waals surface area contributed by atoms with Gasteiger partial charge in [0.05, 0.1) is 17.2 Å². The van der Waals surface area contributed by atoms with E-state index in [1.807, 2.05) is 0 Å². The average Bonchev–Trinajstić information content (AvgIpc) is 3.38. The normalized spacial score (nSPS) is 28.3. The molecule has 3 saturated carbocycles. The van der Waals surface area contributed by atoms with E-state index in [4.69, 9.17) is 5.11 Å². The van der Waals surface area contributed by atoms with Crippen LogP contribution >= 0.6 is 9.24 Å². The maximum atomic E-state index is 14.8. The lowest BCUT2D eigenvalue weighted by Gasteiger charge is -2.49. The zero-order chi connectivity index (χ0) is 36.8. The number of benzene rings is 2. The lowest BCUT2D eigenvalue weighted by Crippen LogP contribution is -2.56. The summed E-state index contributed by atoms with van der Waals surface area (Å²) in [6, 6.07) is 7.12. The highest BCUT2D eigenvalue weighted by Crippen LogP contribution is 2.58. The molecule has 0 radical (unpaired) electrons. The van der Waals surface area contributed by atoms with Crippen LogP contribution in [0.5, 0.6) is 0 Å². The van der Waals surface area contributed by atoms with Crippen LogP contribution in [0.1, 0.15) is 63.0 Å². The van der Waals surface area contributed by atoms with Crippen molar-refractivity contribution in [1.29, 1.82) is 0 Å². The van der Waals surface area contributed by atoms with Crippen molar-refractivity contribution in [3.05, 3.63) is 66.4 Å². The highest BCUT2D eigenvalue weighted by molar-refractivity contribution is 7.92. The molecule has 2 aromatic rings. The zero-order valence-electron chi connectivity index (χ0n) is 27.5. The number of nitrogens with zero attached hydrogens (tertiary/aromatic N) is 2. The molecule has 1 saturated heterocycles. The molecule has 0 amide bonds. The second-order valence-electron chi connectivity index (χ2n) is 13.9.